The van der Waals surface area contributed by atoms with Crippen molar-refractivity contribution in [3.63, 3.8) is 0 Å². The number of aromatic nitrogens is 1. The number of nitriles is 1. The second-order valence-electron chi connectivity index (χ2n) is 16.5. The lowest BCUT2D eigenvalue weighted by Crippen LogP contribution is -2.10. The molecule has 3 heteroatoms. The number of hydrogen-bond acceptors (Lipinski definition) is 3. The van der Waals surface area contributed by atoms with E-state index in [1.165, 1.54) is 65.3 Å². The minimum absolute atomic E-state index is 0.620. The van der Waals surface area contributed by atoms with Gasteiger partial charge in [0.1, 0.15) is 0 Å². The van der Waals surface area contributed by atoms with Gasteiger partial charge in [-0.25, -0.2) is 0 Å². The van der Waals surface area contributed by atoms with Crippen LogP contribution in [-0.2, 0) is 0 Å². The average molecular weight is 826 g/mol. The Morgan fingerprint density at radius 3 is 1.48 bits per heavy atom. The summed E-state index contributed by atoms with van der Waals surface area (Å²) in [6, 6.07) is 84.8. The van der Waals surface area contributed by atoms with Crippen LogP contribution in [0, 0.1) is 11.3 Å². The summed E-state index contributed by atoms with van der Waals surface area (Å²) < 4.78 is 0. The lowest BCUT2D eigenvalue weighted by molar-refractivity contribution is 1.29. The number of pyridine rings is 1. The zero-order valence-electron chi connectivity index (χ0n) is 35.4. The minimum atomic E-state index is 0.620. The van der Waals surface area contributed by atoms with E-state index in [0.717, 1.165) is 50.2 Å². The first-order valence-electron chi connectivity index (χ1n) is 22.0. The van der Waals surface area contributed by atoms with E-state index in [0.29, 0.717) is 5.56 Å². The van der Waals surface area contributed by atoms with Crippen molar-refractivity contribution in [2.45, 2.75) is 0 Å². The molecular weight excluding hydrogens is 787 g/mol. The van der Waals surface area contributed by atoms with Gasteiger partial charge < -0.3 is 4.90 Å². The van der Waals surface area contributed by atoms with Crippen LogP contribution in [0.15, 0.2) is 237 Å². The number of hydrogen-bond donors (Lipinski definition) is 0. The third kappa shape index (κ3) is 6.47. The highest BCUT2D eigenvalue weighted by molar-refractivity contribution is 6.26. The molecule has 0 bridgehead atoms. The summed E-state index contributed by atoms with van der Waals surface area (Å²) in [6.07, 6.45) is 1.83. The normalized spacial score (nSPS) is 11.4. The molecule has 0 aliphatic carbocycles. The van der Waals surface area contributed by atoms with E-state index >= 15 is 0 Å². The summed E-state index contributed by atoms with van der Waals surface area (Å²) in [5.41, 5.74) is 12.8. The molecule has 11 aromatic carbocycles. The number of rotatable bonds is 7. The van der Waals surface area contributed by atoms with Crippen LogP contribution < -0.4 is 4.90 Å². The van der Waals surface area contributed by atoms with Crippen molar-refractivity contribution in [2.75, 3.05) is 4.90 Å². The Hall–Kier alpha value is -8.84. The van der Waals surface area contributed by atoms with Gasteiger partial charge in [0.2, 0.25) is 0 Å². The van der Waals surface area contributed by atoms with Crippen molar-refractivity contribution in [3.05, 3.63) is 242 Å². The predicted molar refractivity (Wildman–Crippen MR) is 273 cm³/mol. The molecule has 0 spiro atoms. The SMILES string of the molecule is N#Cc1ccc(N(c2ccc(-c3ccccn3)cc2)c2ccc(-c3ccc4c(-c5cccc6ccccc56)c5ccccc5c(-c5cccc6ccccc56)c4c3)c3ccccc23)cc1. The second-order valence-corrected chi connectivity index (χ2v) is 16.5. The number of anilines is 3. The number of nitrogens with zero attached hydrogens (tertiary/aromatic N) is 3. The molecule has 12 aromatic rings. The Bertz CT molecular complexity index is 3820. The van der Waals surface area contributed by atoms with Gasteiger partial charge in [-0.15, -0.1) is 0 Å². The largest absolute Gasteiger partial charge is 0.310 e. The summed E-state index contributed by atoms with van der Waals surface area (Å²) in [4.78, 5) is 6.88. The fraction of sp³-hybridized carbons (Fsp3) is 0. The fourth-order valence-corrected chi connectivity index (χ4v) is 9.97. The van der Waals surface area contributed by atoms with Crippen molar-refractivity contribution in [3.8, 4) is 50.7 Å². The molecule has 3 nitrogen and oxygen atoms in total. The molecule has 302 valence electrons. The molecule has 0 unspecified atom stereocenters. The van der Waals surface area contributed by atoms with E-state index in [4.69, 9.17) is 0 Å². The Morgan fingerprint density at radius 2 is 0.862 bits per heavy atom. The fourth-order valence-electron chi connectivity index (χ4n) is 9.97. The van der Waals surface area contributed by atoms with Gasteiger partial charge in [-0.2, -0.15) is 5.26 Å². The second kappa shape index (κ2) is 15.8. The maximum absolute atomic E-state index is 9.71. The molecule has 0 atom stereocenters. The van der Waals surface area contributed by atoms with Crippen LogP contribution in [0.5, 0.6) is 0 Å². The van der Waals surface area contributed by atoms with Crippen LogP contribution in [0.4, 0.5) is 17.1 Å². The molecule has 0 saturated heterocycles. The van der Waals surface area contributed by atoms with Crippen molar-refractivity contribution < 1.29 is 0 Å². The highest BCUT2D eigenvalue weighted by Crippen LogP contribution is 2.49. The molecule has 1 heterocycles. The molecule has 0 aliphatic rings. The highest BCUT2D eigenvalue weighted by Gasteiger charge is 2.22. The van der Waals surface area contributed by atoms with Crippen molar-refractivity contribution >= 4 is 70.9 Å². The molecule has 0 aliphatic heterocycles. The van der Waals surface area contributed by atoms with Gasteiger partial charge in [-0.3, -0.25) is 4.98 Å². The number of fused-ring (bicyclic) bond motifs is 5. The summed E-state index contributed by atoms with van der Waals surface area (Å²) >= 11 is 0. The molecule has 0 saturated carbocycles. The Kier molecular flexibility index (Phi) is 9.22. The molecule has 0 radical (unpaired) electrons. The molecule has 0 fully saturated rings. The monoisotopic (exact) mass is 825 g/mol. The van der Waals surface area contributed by atoms with E-state index in [1.807, 2.05) is 48.7 Å². The molecule has 12 rings (SSSR count). The zero-order chi connectivity index (χ0) is 43.3. The summed E-state index contributed by atoms with van der Waals surface area (Å²) in [7, 11) is 0. The van der Waals surface area contributed by atoms with Crippen LogP contribution in [-0.4, -0.2) is 4.98 Å². The predicted octanol–water partition coefficient (Wildman–Crippen LogP) is 16.9. The van der Waals surface area contributed by atoms with Gasteiger partial charge in [0.25, 0.3) is 0 Å². The van der Waals surface area contributed by atoms with Gasteiger partial charge in [-0.05, 0) is 143 Å². The first-order valence-corrected chi connectivity index (χ1v) is 22.0. The van der Waals surface area contributed by atoms with Gasteiger partial charge in [0, 0.05) is 28.5 Å². The topological polar surface area (TPSA) is 39.9 Å². The van der Waals surface area contributed by atoms with Crippen molar-refractivity contribution in [2.24, 2.45) is 0 Å². The summed E-state index contributed by atoms with van der Waals surface area (Å²) in [5, 5.41) is 21.8. The summed E-state index contributed by atoms with van der Waals surface area (Å²) in [5.74, 6) is 0. The van der Waals surface area contributed by atoms with Crippen LogP contribution in [0.25, 0.3) is 98.5 Å². The maximum atomic E-state index is 9.71. The van der Waals surface area contributed by atoms with Gasteiger partial charge >= 0.3 is 0 Å². The standard InChI is InChI=1S/C62H39N3/c63-40-41-26-31-46(32-27-41)65(47-33-28-44(29-34-47)59-25-9-10-38-64-59)60-37-36-50(51-19-5-6-20-52(51)60)45-30-35-57-58(39-45)62(54-24-12-16-43-14-2-4-18-49(43)54)56-22-8-7-21-55(56)61(57)53-23-11-15-42-13-1-3-17-48(42)53/h1-39H. The molecular formula is C62H39N3. The Balaban J connectivity index is 1.10. The van der Waals surface area contributed by atoms with E-state index < -0.39 is 0 Å². The Morgan fingerprint density at radius 1 is 0.354 bits per heavy atom. The van der Waals surface area contributed by atoms with Crippen LogP contribution in [0.2, 0.25) is 0 Å². The van der Waals surface area contributed by atoms with Crippen LogP contribution in [0.1, 0.15) is 5.56 Å². The zero-order valence-corrected chi connectivity index (χ0v) is 35.4. The van der Waals surface area contributed by atoms with Crippen molar-refractivity contribution in [1.82, 2.24) is 4.98 Å². The van der Waals surface area contributed by atoms with Crippen LogP contribution in [0.3, 0.4) is 0 Å². The first-order chi connectivity index (χ1) is 32.2. The average Bonchev–Trinajstić information content (AvgIpc) is 3.38. The molecule has 0 amide bonds. The number of benzene rings is 11. The van der Waals surface area contributed by atoms with Gasteiger partial charge in [-0.1, -0.05) is 170 Å². The van der Waals surface area contributed by atoms with E-state index in [-0.39, 0.29) is 0 Å². The first kappa shape index (κ1) is 37.9. The van der Waals surface area contributed by atoms with E-state index in [9.17, 15) is 5.26 Å². The van der Waals surface area contributed by atoms with Gasteiger partial charge in [0.05, 0.1) is 23.0 Å². The Labute approximate surface area is 377 Å². The smallest absolute Gasteiger partial charge is 0.0991 e. The minimum Gasteiger partial charge on any atom is -0.310 e. The quantitative estimate of drug-likeness (QED) is 0.150. The molecule has 65 heavy (non-hydrogen) atoms. The lowest BCUT2D eigenvalue weighted by atomic mass is 9.82. The van der Waals surface area contributed by atoms with Crippen molar-refractivity contribution in [1.29, 1.82) is 5.26 Å². The van der Waals surface area contributed by atoms with E-state index in [1.54, 1.807) is 0 Å². The lowest BCUT2D eigenvalue weighted by Gasteiger charge is -2.28. The third-order valence-electron chi connectivity index (χ3n) is 12.9. The highest BCUT2D eigenvalue weighted by atomic mass is 15.1. The molecule has 1 aromatic heterocycles. The van der Waals surface area contributed by atoms with E-state index in [2.05, 4.69) is 204 Å². The summed E-state index contributed by atoms with van der Waals surface area (Å²) in [6.45, 7) is 0. The maximum Gasteiger partial charge on any atom is 0.0991 e. The van der Waals surface area contributed by atoms with Gasteiger partial charge in [0.15, 0.2) is 0 Å². The molecule has 0 N–H and O–H groups in total. The third-order valence-corrected chi connectivity index (χ3v) is 12.9. The van der Waals surface area contributed by atoms with Crippen LogP contribution >= 0.6 is 0 Å².